The van der Waals surface area contributed by atoms with Crippen LogP contribution in [0, 0.1) is 47.3 Å². The van der Waals surface area contributed by atoms with Crippen LogP contribution in [-0.2, 0) is 54.4 Å². The number of esters is 1. The molecule has 12 rings (SSSR count). The van der Waals surface area contributed by atoms with Gasteiger partial charge in [0, 0.05) is 42.9 Å². The van der Waals surface area contributed by atoms with Gasteiger partial charge in [0.2, 0.25) is 24.2 Å². The smallest absolute Gasteiger partial charge is 0.311 e. The summed E-state index contributed by atoms with van der Waals surface area (Å²) >= 11 is 9.98. The molecule has 0 amide bonds. The van der Waals surface area contributed by atoms with Crippen LogP contribution in [0.4, 0.5) is 5.69 Å². The standard InChI is InChI=1S/C23H30O5S.C15H22O5.C7H5NS/c1-14-9-10-18-15(2)20(24-19(29)13-16-7-5-4-6-8-16)25-21-23(18)17(14)11-12-22(3,26-21)27-28-23;1-8-4-5-11-9(2)12(16)17-13-15(11)10(8)6-7-14(3,18-13)19-20-15;9-6-8-7-4-2-1-3-5-7/h4-8,14-15,17-18,20-21H,9-13H2,1-3H3;8-11,13H,4-7H2,1-3H3;1-5H/t14-,15-,17?,18?,20+,21-,22+,23-;8-,9-,10?,11?,13-,14+,15-;/m11./s1. The van der Waals surface area contributed by atoms with E-state index >= 15 is 0 Å². The Balaban J connectivity index is 0.000000139. The lowest BCUT2D eigenvalue weighted by molar-refractivity contribution is -0.576. The van der Waals surface area contributed by atoms with Gasteiger partial charge >= 0.3 is 5.97 Å². The Bertz CT molecular complexity index is 1850. The lowest BCUT2D eigenvalue weighted by atomic mass is 9.58. The maximum atomic E-state index is 12.1. The number of rotatable bonds is 4. The molecule has 2 saturated carbocycles. The van der Waals surface area contributed by atoms with Crippen molar-refractivity contribution in [2.75, 3.05) is 0 Å². The van der Waals surface area contributed by atoms with Crippen molar-refractivity contribution in [2.24, 2.45) is 52.3 Å². The monoisotopic (exact) mass is 835 g/mol. The van der Waals surface area contributed by atoms with Crippen molar-refractivity contribution in [3.8, 4) is 0 Å². The van der Waals surface area contributed by atoms with Gasteiger partial charge in [0.15, 0.2) is 22.5 Å². The van der Waals surface area contributed by atoms with Gasteiger partial charge in [-0.15, -0.1) is 0 Å². The first-order valence-corrected chi connectivity index (χ1v) is 21.9. The Kier molecular flexibility index (Phi) is 12.1. The first-order chi connectivity index (χ1) is 27.8. The topological polar surface area (TPSA) is 113 Å². The fourth-order valence-corrected chi connectivity index (χ4v) is 11.6. The Hall–Kier alpha value is -2.68. The van der Waals surface area contributed by atoms with Crippen molar-refractivity contribution < 1.29 is 48.0 Å². The van der Waals surface area contributed by atoms with E-state index in [9.17, 15) is 4.79 Å². The largest absolute Gasteiger partial charge is 0.458 e. The molecule has 2 aliphatic carbocycles. The Labute approximate surface area is 352 Å². The molecule has 13 heteroatoms. The van der Waals surface area contributed by atoms with Gasteiger partial charge in [-0.05, 0) is 112 Å². The van der Waals surface area contributed by atoms with Crippen LogP contribution in [0.15, 0.2) is 65.7 Å². The number of carbonyl (C=O) groups excluding carboxylic acids is 1. The normalized spacial score (nSPS) is 44.1. The number of hydrogen-bond donors (Lipinski definition) is 0. The van der Waals surface area contributed by atoms with Crippen molar-refractivity contribution in [2.45, 2.75) is 141 Å². The molecule has 4 bridgehead atoms. The van der Waals surface area contributed by atoms with Crippen LogP contribution in [0.1, 0.15) is 98.5 Å². The molecule has 10 aliphatic rings. The maximum absolute atomic E-state index is 12.1. The molecule has 10 fully saturated rings. The average Bonchev–Trinajstić information content (AvgIpc) is 3.58. The SMILES string of the molecule is C[C@@H]1CCC2[C@@H](C)C(=O)O[C@@H]3O[C@]4(C)CCC1[C@@]23OO4.C[C@@H]1CCC2[C@@H](C)[C@@H](OC(=S)Cc3ccccc3)O[C@@H]3O[C@]4(C)CCC1[C@@]23OO4.S=C=Nc1ccccc1. The second-order valence-electron chi connectivity index (χ2n) is 18.1. The highest BCUT2D eigenvalue weighted by Crippen LogP contribution is 2.62. The first kappa shape index (κ1) is 42.0. The van der Waals surface area contributed by atoms with Gasteiger partial charge in [-0.25, -0.2) is 19.6 Å². The maximum Gasteiger partial charge on any atom is 0.311 e. The average molecular weight is 836 g/mol. The molecule has 0 aromatic heterocycles. The van der Waals surface area contributed by atoms with Crippen LogP contribution in [0.2, 0.25) is 0 Å². The number of thiocarbonyl (C=S) groups is 2. The van der Waals surface area contributed by atoms with E-state index in [0.717, 1.165) is 56.2 Å². The lowest BCUT2D eigenvalue weighted by Crippen LogP contribution is -2.70. The molecule has 8 aliphatic heterocycles. The molecule has 15 atom stereocenters. The molecule has 0 radical (unpaired) electrons. The van der Waals surface area contributed by atoms with Crippen molar-refractivity contribution >= 4 is 46.3 Å². The number of ether oxygens (including phenoxy) is 5. The highest BCUT2D eigenvalue weighted by molar-refractivity contribution is 7.80. The number of fused-ring (bicyclic) bond motifs is 4. The van der Waals surface area contributed by atoms with E-state index in [0.29, 0.717) is 35.1 Å². The molecule has 314 valence electrons. The number of para-hydroxylation sites is 1. The molecule has 11 nitrogen and oxygen atoms in total. The number of isothiocyanates is 1. The summed E-state index contributed by atoms with van der Waals surface area (Å²) in [6.45, 7) is 12.5. The third-order valence-electron chi connectivity index (χ3n) is 14.4. The fraction of sp³-hybridized carbons (Fsp3) is 0.667. The summed E-state index contributed by atoms with van der Waals surface area (Å²) in [5, 5.41) is 2.84. The van der Waals surface area contributed by atoms with Gasteiger partial charge in [0.25, 0.3) is 0 Å². The van der Waals surface area contributed by atoms with Crippen LogP contribution < -0.4 is 0 Å². The zero-order valence-electron chi connectivity index (χ0n) is 34.3. The van der Waals surface area contributed by atoms with Crippen molar-refractivity contribution in [1.82, 2.24) is 0 Å². The summed E-state index contributed by atoms with van der Waals surface area (Å²) in [7, 11) is 0. The summed E-state index contributed by atoms with van der Waals surface area (Å²) in [5.74, 6) is 0.373. The van der Waals surface area contributed by atoms with Gasteiger partial charge in [-0.1, -0.05) is 76.2 Å². The molecule has 8 saturated heterocycles. The Morgan fingerprint density at radius 2 is 1.29 bits per heavy atom. The predicted molar refractivity (Wildman–Crippen MR) is 220 cm³/mol. The third-order valence-corrected chi connectivity index (χ3v) is 14.8. The van der Waals surface area contributed by atoms with E-state index < -0.39 is 41.6 Å². The van der Waals surface area contributed by atoms with Crippen molar-refractivity contribution in [3.63, 3.8) is 0 Å². The minimum absolute atomic E-state index is 0.123. The molecule has 58 heavy (non-hydrogen) atoms. The summed E-state index contributed by atoms with van der Waals surface area (Å²) in [5.41, 5.74) is 0.820. The van der Waals surface area contributed by atoms with E-state index in [4.69, 9.17) is 55.5 Å². The third kappa shape index (κ3) is 7.63. The fourth-order valence-electron chi connectivity index (χ4n) is 11.3. The van der Waals surface area contributed by atoms with Crippen LogP contribution in [0.25, 0.3) is 0 Å². The quantitative estimate of drug-likeness (QED) is 0.127. The van der Waals surface area contributed by atoms with Gasteiger partial charge in [-0.2, -0.15) is 4.99 Å². The predicted octanol–water partition coefficient (Wildman–Crippen LogP) is 9.60. The van der Waals surface area contributed by atoms with Crippen LogP contribution in [0.3, 0.4) is 0 Å². The molecule has 2 spiro atoms. The number of hydrogen-bond acceptors (Lipinski definition) is 13. The second-order valence-corrected chi connectivity index (χ2v) is 18.7. The second kappa shape index (κ2) is 16.6. The van der Waals surface area contributed by atoms with Gasteiger partial charge in [-0.3, -0.25) is 4.79 Å². The summed E-state index contributed by atoms with van der Waals surface area (Å²) in [4.78, 5) is 39.5. The van der Waals surface area contributed by atoms with E-state index in [2.05, 4.69) is 55.3 Å². The van der Waals surface area contributed by atoms with Crippen LogP contribution in [0.5, 0.6) is 0 Å². The van der Waals surface area contributed by atoms with E-state index in [1.165, 1.54) is 6.42 Å². The Morgan fingerprint density at radius 1 is 0.741 bits per heavy atom. The zero-order chi connectivity index (χ0) is 40.9. The molecule has 4 unspecified atom stereocenters. The molecule has 8 heterocycles. The number of nitrogens with zero attached hydrogens (tertiary/aromatic N) is 1. The lowest BCUT2D eigenvalue weighted by Gasteiger charge is -2.60. The number of benzene rings is 2. The molecular formula is C45H57NO10S2. The molecule has 2 aromatic rings. The number of carbonyl (C=O) groups is 1. The van der Waals surface area contributed by atoms with E-state index in [-0.39, 0.29) is 29.6 Å². The summed E-state index contributed by atoms with van der Waals surface area (Å²) in [6.07, 6.45) is 6.97. The van der Waals surface area contributed by atoms with Gasteiger partial charge in [0.05, 0.1) is 16.8 Å². The van der Waals surface area contributed by atoms with E-state index in [1.807, 2.05) is 69.3 Å². The van der Waals surface area contributed by atoms with Crippen molar-refractivity contribution in [3.05, 3.63) is 66.2 Å². The number of aliphatic imine (C=N–C) groups is 1. The van der Waals surface area contributed by atoms with Crippen LogP contribution in [-0.4, -0.2) is 57.8 Å². The zero-order valence-corrected chi connectivity index (χ0v) is 36.0. The summed E-state index contributed by atoms with van der Waals surface area (Å²) < 4.78 is 30.6. The molecule has 2 aromatic carbocycles. The minimum Gasteiger partial charge on any atom is -0.458 e. The van der Waals surface area contributed by atoms with E-state index in [1.54, 1.807) is 0 Å². The van der Waals surface area contributed by atoms with Gasteiger partial charge in [0.1, 0.15) is 0 Å². The minimum atomic E-state index is -0.793. The first-order valence-electron chi connectivity index (χ1n) is 21.1. The molecule has 0 N–H and O–H groups in total. The highest BCUT2D eigenvalue weighted by Gasteiger charge is 2.71. The molecular weight excluding hydrogens is 779 g/mol. The Morgan fingerprint density at radius 3 is 1.90 bits per heavy atom. The van der Waals surface area contributed by atoms with Crippen molar-refractivity contribution in [1.29, 1.82) is 0 Å². The summed E-state index contributed by atoms with van der Waals surface area (Å²) in [6, 6.07) is 19.6. The highest BCUT2D eigenvalue weighted by atomic mass is 32.1. The van der Waals surface area contributed by atoms with Gasteiger partial charge < -0.3 is 23.7 Å². The van der Waals surface area contributed by atoms with Crippen LogP contribution >= 0.6 is 24.4 Å².